The fourth-order valence-electron chi connectivity index (χ4n) is 3.06. The minimum atomic E-state index is -0.670. The summed E-state index contributed by atoms with van der Waals surface area (Å²) in [6, 6.07) is 21.8. The Kier molecular flexibility index (Phi) is 7.64. The molecular formula is C24H25ClFNO2. The Labute approximate surface area is 176 Å². The minimum Gasteiger partial charge on any atom is -0.491 e. The van der Waals surface area contributed by atoms with Crippen LogP contribution in [0.3, 0.4) is 0 Å². The van der Waals surface area contributed by atoms with Crippen LogP contribution in [0.4, 0.5) is 4.39 Å². The third kappa shape index (κ3) is 7.17. The molecule has 3 rings (SSSR count). The van der Waals surface area contributed by atoms with Crippen molar-refractivity contribution in [3.8, 4) is 5.75 Å². The first-order valence-electron chi connectivity index (χ1n) is 9.57. The van der Waals surface area contributed by atoms with Gasteiger partial charge < -0.3 is 9.84 Å². The van der Waals surface area contributed by atoms with Crippen LogP contribution in [-0.2, 0) is 13.1 Å². The van der Waals surface area contributed by atoms with E-state index < -0.39 is 6.10 Å². The van der Waals surface area contributed by atoms with Crippen molar-refractivity contribution in [1.29, 1.82) is 0 Å². The van der Waals surface area contributed by atoms with Crippen LogP contribution in [0.5, 0.6) is 5.75 Å². The molecule has 0 aliphatic carbocycles. The molecule has 0 bridgehead atoms. The first-order valence-corrected chi connectivity index (χ1v) is 9.94. The van der Waals surface area contributed by atoms with Crippen molar-refractivity contribution in [2.45, 2.75) is 26.1 Å². The monoisotopic (exact) mass is 413 g/mol. The van der Waals surface area contributed by atoms with Crippen molar-refractivity contribution in [3.63, 3.8) is 0 Å². The standard InChI is InChI=1S/C24H25ClFNO2/c1-18-2-4-19(5-3-18)14-27(15-20-6-10-22(26)11-7-20)16-23(28)17-29-24-12-8-21(25)9-13-24/h2-13,23,28H,14-17H2,1H3. The molecule has 0 aromatic heterocycles. The number of aliphatic hydroxyl groups excluding tert-OH is 1. The van der Waals surface area contributed by atoms with Gasteiger partial charge in [0.15, 0.2) is 0 Å². The van der Waals surface area contributed by atoms with E-state index in [1.165, 1.54) is 17.7 Å². The van der Waals surface area contributed by atoms with Crippen LogP contribution >= 0.6 is 11.6 Å². The minimum absolute atomic E-state index is 0.176. The van der Waals surface area contributed by atoms with E-state index in [4.69, 9.17) is 16.3 Å². The highest BCUT2D eigenvalue weighted by Gasteiger charge is 2.14. The molecule has 1 N–H and O–H groups in total. The van der Waals surface area contributed by atoms with Gasteiger partial charge in [0, 0.05) is 24.7 Å². The molecule has 1 atom stereocenters. The quantitative estimate of drug-likeness (QED) is 0.521. The van der Waals surface area contributed by atoms with Gasteiger partial charge in [0.05, 0.1) is 0 Å². The summed E-state index contributed by atoms with van der Waals surface area (Å²) >= 11 is 5.88. The average Bonchev–Trinajstić information content (AvgIpc) is 2.71. The van der Waals surface area contributed by atoms with Gasteiger partial charge in [0.1, 0.15) is 24.3 Å². The first-order chi connectivity index (χ1) is 14.0. The van der Waals surface area contributed by atoms with E-state index in [1.807, 2.05) is 0 Å². The lowest BCUT2D eigenvalue weighted by atomic mass is 10.1. The molecule has 1 unspecified atom stereocenters. The zero-order valence-corrected chi connectivity index (χ0v) is 17.1. The molecule has 0 heterocycles. The maximum absolute atomic E-state index is 13.2. The molecule has 0 spiro atoms. The van der Waals surface area contributed by atoms with Gasteiger partial charge in [-0.05, 0) is 54.4 Å². The molecule has 5 heteroatoms. The molecular weight excluding hydrogens is 389 g/mol. The Bertz CT molecular complexity index is 835. The summed E-state index contributed by atoms with van der Waals surface area (Å²) in [5, 5.41) is 11.2. The average molecular weight is 414 g/mol. The molecule has 0 amide bonds. The molecule has 0 radical (unpaired) electrons. The predicted octanol–water partition coefficient (Wildman–Crippen LogP) is 5.23. The van der Waals surface area contributed by atoms with Crippen LogP contribution in [0.1, 0.15) is 16.7 Å². The van der Waals surface area contributed by atoms with Crippen LogP contribution in [-0.4, -0.2) is 29.3 Å². The highest BCUT2D eigenvalue weighted by atomic mass is 35.5. The van der Waals surface area contributed by atoms with Crippen molar-refractivity contribution in [1.82, 2.24) is 4.90 Å². The van der Waals surface area contributed by atoms with E-state index in [2.05, 4.69) is 36.1 Å². The van der Waals surface area contributed by atoms with E-state index in [0.717, 1.165) is 11.1 Å². The number of ether oxygens (including phenoxy) is 1. The van der Waals surface area contributed by atoms with Crippen LogP contribution in [0.15, 0.2) is 72.8 Å². The Hall–Kier alpha value is -2.40. The highest BCUT2D eigenvalue weighted by molar-refractivity contribution is 6.30. The zero-order chi connectivity index (χ0) is 20.6. The van der Waals surface area contributed by atoms with Gasteiger partial charge in [0.2, 0.25) is 0 Å². The highest BCUT2D eigenvalue weighted by Crippen LogP contribution is 2.16. The molecule has 0 fully saturated rings. The molecule has 0 saturated carbocycles. The molecule has 3 nitrogen and oxygen atoms in total. The summed E-state index contributed by atoms with van der Waals surface area (Å²) in [5.41, 5.74) is 3.35. The van der Waals surface area contributed by atoms with Gasteiger partial charge >= 0.3 is 0 Å². The largest absolute Gasteiger partial charge is 0.491 e. The second-order valence-corrected chi connectivity index (χ2v) is 7.64. The third-order valence-electron chi connectivity index (χ3n) is 4.57. The van der Waals surface area contributed by atoms with Crippen molar-refractivity contribution in [3.05, 3.63) is 100 Å². The van der Waals surface area contributed by atoms with Crippen LogP contribution in [0, 0.1) is 12.7 Å². The van der Waals surface area contributed by atoms with Gasteiger partial charge in [-0.15, -0.1) is 0 Å². The first kappa shape index (κ1) is 21.3. The van der Waals surface area contributed by atoms with Gasteiger partial charge in [-0.2, -0.15) is 0 Å². The van der Waals surface area contributed by atoms with Crippen molar-refractivity contribution >= 4 is 11.6 Å². The Morgan fingerprint density at radius 1 is 0.897 bits per heavy atom. The summed E-state index contributed by atoms with van der Waals surface area (Å²) in [7, 11) is 0. The Morgan fingerprint density at radius 3 is 2.03 bits per heavy atom. The number of hydrogen-bond donors (Lipinski definition) is 1. The number of nitrogens with zero attached hydrogens (tertiary/aromatic N) is 1. The molecule has 29 heavy (non-hydrogen) atoms. The van der Waals surface area contributed by atoms with Crippen LogP contribution in [0.25, 0.3) is 0 Å². The summed E-state index contributed by atoms with van der Waals surface area (Å²) in [4.78, 5) is 2.13. The molecule has 0 aliphatic rings. The number of aryl methyl sites for hydroxylation is 1. The van der Waals surface area contributed by atoms with Gasteiger partial charge in [-0.3, -0.25) is 4.90 Å². The van der Waals surface area contributed by atoms with Crippen LogP contribution in [0.2, 0.25) is 5.02 Å². The lowest BCUT2D eigenvalue weighted by Gasteiger charge is -2.25. The zero-order valence-electron chi connectivity index (χ0n) is 16.4. The second kappa shape index (κ2) is 10.4. The van der Waals surface area contributed by atoms with Gasteiger partial charge in [-0.1, -0.05) is 53.6 Å². The maximum atomic E-state index is 13.2. The van der Waals surface area contributed by atoms with E-state index in [1.54, 1.807) is 36.4 Å². The van der Waals surface area contributed by atoms with Crippen molar-refractivity contribution in [2.75, 3.05) is 13.2 Å². The fourth-order valence-corrected chi connectivity index (χ4v) is 3.18. The summed E-state index contributed by atoms with van der Waals surface area (Å²) in [5.74, 6) is 0.410. The smallest absolute Gasteiger partial charge is 0.123 e. The number of benzene rings is 3. The number of hydrogen-bond acceptors (Lipinski definition) is 3. The fraction of sp³-hybridized carbons (Fsp3) is 0.250. The molecule has 0 aliphatic heterocycles. The van der Waals surface area contributed by atoms with Gasteiger partial charge in [0.25, 0.3) is 0 Å². The van der Waals surface area contributed by atoms with E-state index in [9.17, 15) is 9.50 Å². The second-order valence-electron chi connectivity index (χ2n) is 7.20. The van der Waals surface area contributed by atoms with E-state index >= 15 is 0 Å². The number of aliphatic hydroxyl groups is 1. The normalized spacial score (nSPS) is 12.2. The third-order valence-corrected chi connectivity index (χ3v) is 4.82. The van der Waals surface area contributed by atoms with Gasteiger partial charge in [-0.25, -0.2) is 4.39 Å². The Balaban J connectivity index is 1.63. The summed E-state index contributed by atoms with van der Waals surface area (Å²) in [6.07, 6.45) is -0.670. The summed E-state index contributed by atoms with van der Waals surface area (Å²) < 4.78 is 18.9. The lowest BCUT2D eigenvalue weighted by Crippen LogP contribution is -2.35. The predicted molar refractivity (Wildman–Crippen MR) is 115 cm³/mol. The van der Waals surface area contributed by atoms with Crippen molar-refractivity contribution in [2.24, 2.45) is 0 Å². The molecule has 3 aromatic rings. The van der Waals surface area contributed by atoms with Crippen molar-refractivity contribution < 1.29 is 14.2 Å². The lowest BCUT2D eigenvalue weighted by molar-refractivity contribution is 0.0628. The van der Waals surface area contributed by atoms with E-state index in [-0.39, 0.29) is 12.4 Å². The SMILES string of the molecule is Cc1ccc(CN(Cc2ccc(F)cc2)CC(O)COc2ccc(Cl)cc2)cc1. The van der Waals surface area contributed by atoms with E-state index in [0.29, 0.717) is 30.4 Å². The Morgan fingerprint density at radius 2 is 1.45 bits per heavy atom. The summed E-state index contributed by atoms with van der Waals surface area (Å²) in [6.45, 7) is 3.94. The number of halogens is 2. The molecule has 3 aromatic carbocycles. The van der Waals surface area contributed by atoms with Crippen LogP contribution < -0.4 is 4.74 Å². The molecule has 0 saturated heterocycles. The maximum Gasteiger partial charge on any atom is 0.123 e. The molecule has 152 valence electrons. The number of rotatable bonds is 9. The topological polar surface area (TPSA) is 32.7 Å².